The zero-order valence-corrected chi connectivity index (χ0v) is 13.4. The van der Waals surface area contributed by atoms with Crippen molar-refractivity contribution in [2.75, 3.05) is 26.2 Å². The zero-order chi connectivity index (χ0) is 15.1. The molecule has 1 aromatic rings. The van der Waals surface area contributed by atoms with E-state index < -0.39 is 0 Å². The van der Waals surface area contributed by atoms with Gasteiger partial charge in [0.25, 0.3) is 0 Å². The molecule has 2 rings (SSSR count). The molecule has 118 valence electrons. The van der Waals surface area contributed by atoms with Crippen molar-refractivity contribution in [2.45, 2.75) is 45.6 Å². The largest absolute Gasteiger partial charge is 0.317 e. The Hall–Kier alpha value is -0.930. The van der Waals surface area contributed by atoms with Crippen LogP contribution in [0, 0.1) is 11.7 Å². The van der Waals surface area contributed by atoms with Gasteiger partial charge in [-0.1, -0.05) is 26.0 Å². The molecule has 0 radical (unpaired) electrons. The van der Waals surface area contributed by atoms with Crippen LogP contribution >= 0.6 is 0 Å². The molecule has 1 N–H and O–H groups in total. The summed E-state index contributed by atoms with van der Waals surface area (Å²) in [5.74, 6) is 0.654. The molecule has 1 unspecified atom stereocenters. The first-order chi connectivity index (χ1) is 10.2. The SMILES string of the molecule is CCCN(CC1CCNCC1)C(CC)c1ccc(F)cc1. The second-order valence-electron chi connectivity index (χ2n) is 6.16. The van der Waals surface area contributed by atoms with Crippen LogP contribution in [0.2, 0.25) is 0 Å². The Balaban J connectivity index is 2.07. The van der Waals surface area contributed by atoms with E-state index >= 15 is 0 Å². The fourth-order valence-corrected chi connectivity index (χ4v) is 3.45. The van der Waals surface area contributed by atoms with E-state index in [2.05, 4.69) is 24.1 Å². The molecule has 1 aromatic carbocycles. The Morgan fingerprint density at radius 1 is 1.19 bits per heavy atom. The maximum Gasteiger partial charge on any atom is 0.123 e. The van der Waals surface area contributed by atoms with E-state index in [1.54, 1.807) is 12.1 Å². The summed E-state index contributed by atoms with van der Waals surface area (Å²) in [6.45, 7) is 9.08. The van der Waals surface area contributed by atoms with E-state index in [9.17, 15) is 4.39 Å². The quantitative estimate of drug-likeness (QED) is 0.817. The zero-order valence-electron chi connectivity index (χ0n) is 13.4. The third-order valence-electron chi connectivity index (χ3n) is 4.54. The average Bonchev–Trinajstić information content (AvgIpc) is 2.51. The third-order valence-corrected chi connectivity index (χ3v) is 4.54. The summed E-state index contributed by atoms with van der Waals surface area (Å²) in [4.78, 5) is 2.61. The van der Waals surface area contributed by atoms with Crippen molar-refractivity contribution in [3.8, 4) is 0 Å². The second-order valence-corrected chi connectivity index (χ2v) is 6.16. The molecule has 1 heterocycles. The molecule has 1 fully saturated rings. The van der Waals surface area contributed by atoms with E-state index in [-0.39, 0.29) is 5.82 Å². The van der Waals surface area contributed by atoms with Crippen molar-refractivity contribution in [1.29, 1.82) is 0 Å². The molecule has 1 aliphatic heterocycles. The minimum atomic E-state index is -0.144. The number of hydrogen-bond acceptors (Lipinski definition) is 2. The highest BCUT2D eigenvalue weighted by atomic mass is 19.1. The van der Waals surface area contributed by atoms with Gasteiger partial charge >= 0.3 is 0 Å². The predicted octanol–water partition coefficient (Wildman–Crippen LogP) is 3.99. The van der Waals surface area contributed by atoms with Crippen LogP contribution < -0.4 is 5.32 Å². The molecule has 21 heavy (non-hydrogen) atoms. The van der Waals surface area contributed by atoms with Gasteiger partial charge in [0.15, 0.2) is 0 Å². The minimum Gasteiger partial charge on any atom is -0.317 e. The molecule has 3 heteroatoms. The highest BCUT2D eigenvalue weighted by Crippen LogP contribution is 2.27. The Kier molecular flexibility index (Phi) is 6.65. The van der Waals surface area contributed by atoms with Crippen molar-refractivity contribution in [3.63, 3.8) is 0 Å². The fourth-order valence-electron chi connectivity index (χ4n) is 3.45. The molecule has 0 aromatic heterocycles. The predicted molar refractivity (Wildman–Crippen MR) is 86.9 cm³/mol. The lowest BCUT2D eigenvalue weighted by molar-refractivity contribution is 0.147. The molecular formula is C18H29FN2. The first-order valence-electron chi connectivity index (χ1n) is 8.44. The van der Waals surface area contributed by atoms with Crippen molar-refractivity contribution in [2.24, 2.45) is 5.92 Å². The highest BCUT2D eigenvalue weighted by molar-refractivity contribution is 5.20. The molecule has 1 aliphatic rings. The maximum absolute atomic E-state index is 13.2. The molecule has 0 saturated carbocycles. The second kappa shape index (κ2) is 8.50. The van der Waals surface area contributed by atoms with Crippen LogP contribution in [0.4, 0.5) is 4.39 Å². The number of benzene rings is 1. The minimum absolute atomic E-state index is 0.144. The summed E-state index contributed by atoms with van der Waals surface area (Å²) in [6.07, 6.45) is 4.80. The molecule has 1 atom stereocenters. The van der Waals surface area contributed by atoms with E-state index in [0.717, 1.165) is 32.0 Å². The number of nitrogens with zero attached hydrogens (tertiary/aromatic N) is 1. The molecule has 1 saturated heterocycles. The standard InChI is InChI=1S/C18H29FN2/c1-3-13-21(14-15-9-11-20-12-10-15)18(4-2)16-5-7-17(19)8-6-16/h5-8,15,18,20H,3-4,9-14H2,1-2H3. The van der Waals surface area contributed by atoms with Crippen LogP contribution in [0.1, 0.15) is 51.1 Å². The average molecular weight is 292 g/mol. The van der Waals surface area contributed by atoms with E-state index in [0.29, 0.717) is 6.04 Å². The highest BCUT2D eigenvalue weighted by Gasteiger charge is 2.22. The van der Waals surface area contributed by atoms with Crippen molar-refractivity contribution in [3.05, 3.63) is 35.6 Å². The lowest BCUT2D eigenvalue weighted by atomic mass is 9.95. The van der Waals surface area contributed by atoms with Crippen LogP contribution in [0.3, 0.4) is 0 Å². The molecule has 0 spiro atoms. The summed E-state index contributed by atoms with van der Waals surface area (Å²) in [6, 6.07) is 7.50. The summed E-state index contributed by atoms with van der Waals surface area (Å²) >= 11 is 0. The number of hydrogen-bond donors (Lipinski definition) is 1. The Bertz CT molecular complexity index is 398. The topological polar surface area (TPSA) is 15.3 Å². The summed E-state index contributed by atoms with van der Waals surface area (Å²) in [5.41, 5.74) is 1.25. The van der Waals surface area contributed by atoms with Gasteiger partial charge in [0.1, 0.15) is 5.82 Å². The van der Waals surface area contributed by atoms with Gasteiger partial charge in [-0.05, 0) is 68.9 Å². The molecule has 0 aliphatic carbocycles. The smallest absolute Gasteiger partial charge is 0.123 e. The van der Waals surface area contributed by atoms with E-state index in [1.165, 1.54) is 31.4 Å². The van der Waals surface area contributed by atoms with Crippen molar-refractivity contribution < 1.29 is 4.39 Å². The molecular weight excluding hydrogens is 263 g/mol. The summed E-state index contributed by atoms with van der Waals surface area (Å²) < 4.78 is 13.2. The van der Waals surface area contributed by atoms with E-state index in [1.807, 2.05) is 12.1 Å². The molecule has 0 bridgehead atoms. The Morgan fingerprint density at radius 3 is 2.43 bits per heavy atom. The Labute approximate surface area is 128 Å². The van der Waals surface area contributed by atoms with Gasteiger partial charge < -0.3 is 5.32 Å². The fraction of sp³-hybridized carbons (Fsp3) is 0.667. The van der Waals surface area contributed by atoms with Crippen molar-refractivity contribution >= 4 is 0 Å². The van der Waals surface area contributed by atoms with Gasteiger partial charge in [-0.25, -0.2) is 4.39 Å². The number of rotatable bonds is 7. The Morgan fingerprint density at radius 2 is 1.86 bits per heavy atom. The lowest BCUT2D eigenvalue weighted by Crippen LogP contribution is -2.38. The number of piperidine rings is 1. The molecule has 0 amide bonds. The first-order valence-corrected chi connectivity index (χ1v) is 8.44. The van der Waals surface area contributed by atoms with Gasteiger partial charge in [0, 0.05) is 12.6 Å². The summed E-state index contributed by atoms with van der Waals surface area (Å²) in [5, 5.41) is 3.44. The van der Waals surface area contributed by atoms with Gasteiger partial charge in [-0.2, -0.15) is 0 Å². The van der Waals surface area contributed by atoms with Crippen LogP contribution in [0.25, 0.3) is 0 Å². The van der Waals surface area contributed by atoms with E-state index in [4.69, 9.17) is 0 Å². The monoisotopic (exact) mass is 292 g/mol. The lowest BCUT2D eigenvalue weighted by Gasteiger charge is -2.35. The van der Waals surface area contributed by atoms with Crippen LogP contribution in [-0.4, -0.2) is 31.1 Å². The van der Waals surface area contributed by atoms with Crippen LogP contribution in [0.15, 0.2) is 24.3 Å². The van der Waals surface area contributed by atoms with Gasteiger partial charge in [0.2, 0.25) is 0 Å². The first kappa shape index (κ1) is 16.4. The van der Waals surface area contributed by atoms with Crippen molar-refractivity contribution in [1.82, 2.24) is 10.2 Å². The molecule has 2 nitrogen and oxygen atoms in total. The summed E-state index contributed by atoms with van der Waals surface area (Å²) in [7, 11) is 0. The number of nitrogens with one attached hydrogen (secondary N) is 1. The third kappa shape index (κ3) is 4.79. The van der Waals surface area contributed by atoms with Gasteiger partial charge in [-0.15, -0.1) is 0 Å². The van der Waals surface area contributed by atoms with Gasteiger partial charge in [0.05, 0.1) is 0 Å². The van der Waals surface area contributed by atoms with Gasteiger partial charge in [-0.3, -0.25) is 4.90 Å². The van der Waals surface area contributed by atoms with Crippen LogP contribution in [0.5, 0.6) is 0 Å². The normalized spacial score (nSPS) is 18.1. The van der Waals surface area contributed by atoms with Crippen LogP contribution in [-0.2, 0) is 0 Å². The number of halogens is 1. The maximum atomic E-state index is 13.2.